The molecule has 5 nitrogen and oxygen atoms in total. The van der Waals surface area contributed by atoms with E-state index in [-0.39, 0.29) is 0 Å². The molecular formula is C15H22N4O. The van der Waals surface area contributed by atoms with Gasteiger partial charge in [-0.3, -0.25) is 0 Å². The van der Waals surface area contributed by atoms with Gasteiger partial charge >= 0.3 is 0 Å². The Morgan fingerprint density at radius 1 is 1.40 bits per heavy atom. The van der Waals surface area contributed by atoms with Crippen LogP contribution in [-0.2, 0) is 0 Å². The number of nitrogens with two attached hydrogens (primary N) is 1. The van der Waals surface area contributed by atoms with Crippen molar-refractivity contribution in [3.8, 4) is 0 Å². The molecule has 1 saturated heterocycles. The van der Waals surface area contributed by atoms with E-state index in [2.05, 4.69) is 22.1 Å². The number of nitrogens with zero attached hydrogens (tertiary/aromatic N) is 2. The third-order valence-corrected chi connectivity index (χ3v) is 3.87. The molecule has 1 aromatic carbocycles. The van der Waals surface area contributed by atoms with Crippen LogP contribution in [0.4, 0.5) is 11.7 Å². The molecule has 0 atom stereocenters. The van der Waals surface area contributed by atoms with E-state index in [1.807, 2.05) is 18.2 Å². The van der Waals surface area contributed by atoms with Gasteiger partial charge in [-0.1, -0.05) is 6.92 Å². The molecule has 2 heterocycles. The average Bonchev–Trinajstić information content (AvgIpc) is 2.82. The topological polar surface area (TPSA) is 67.3 Å². The number of fused-ring (bicyclic) bond motifs is 1. The molecule has 2 aromatic rings. The van der Waals surface area contributed by atoms with Gasteiger partial charge in [0.15, 0.2) is 5.58 Å². The minimum absolute atomic E-state index is 0.452. The lowest BCUT2D eigenvalue weighted by atomic mass is 10.1. The van der Waals surface area contributed by atoms with Crippen molar-refractivity contribution in [1.29, 1.82) is 0 Å². The van der Waals surface area contributed by atoms with Crippen LogP contribution in [0.25, 0.3) is 11.1 Å². The van der Waals surface area contributed by atoms with Gasteiger partial charge in [0.05, 0.1) is 0 Å². The number of hydrogen-bond acceptors (Lipinski definition) is 5. The zero-order chi connectivity index (χ0) is 13.9. The summed E-state index contributed by atoms with van der Waals surface area (Å²) in [4.78, 5) is 6.97. The van der Waals surface area contributed by atoms with Gasteiger partial charge in [0, 0.05) is 24.8 Å². The summed E-state index contributed by atoms with van der Waals surface area (Å²) >= 11 is 0. The van der Waals surface area contributed by atoms with Gasteiger partial charge < -0.3 is 20.4 Å². The minimum atomic E-state index is 0.452. The highest BCUT2D eigenvalue weighted by molar-refractivity contribution is 5.78. The van der Waals surface area contributed by atoms with Crippen LogP contribution in [0.15, 0.2) is 22.6 Å². The summed E-state index contributed by atoms with van der Waals surface area (Å²) in [6.45, 7) is 5.74. The van der Waals surface area contributed by atoms with Crippen LogP contribution in [0.1, 0.15) is 26.2 Å². The summed E-state index contributed by atoms with van der Waals surface area (Å²) in [6, 6.07) is 6.61. The highest BCUT2D eigenvalue weighted by Gasteiger charge is 2.19. The summed E-state index contributed by atoms with van der Waals surface area (Å²) in [5, 5.41) is 3.41. The van der Waals surface area contributed by atoms with Crippen LogP contribution in [0, 0.1) is 0 Å². The van der Waals surface area contributed by atoms with Crippen LogP contribution in [-0.4, -0.2) is 35.6 Å². The van der Waals surface area contributed by atoms with E-state index >= 15 is 0 Å². The molecule has 3 N–H and O–H groups in total. The number of benzene rings is 1. The summed E-state index contributed by atoms with van der Waals surface area (Å²) in [6.07, 6.45) is 3.51. The van der Waals surface area contributed by atoms with Gasteiger partial charge in [-0.2, -0.15) is 4.98 Å². The summed E-state index contributed by atoms with van der Waals surface area (Å²) in [5.74, 6) is 0. The number of piperidine rings is 1. The minimum Gasteiger partial charge on any atom is -0.424 e. The molecule has 1 fully saturated rings. The quantitative estimate of drug-likeness (QED) is 0.839. The summed E-state index contributed by atoms with van der Waals surface area (Å²) < 4.78 is 5.71. The molecule has 1 aliphatic rings. The Kier molecular flexibility index (Phi) is 3.78. The molecule has 108 valence electrons. The van der Waals surface area contributed by atoms with Crippen LogP contribution < -0.4 is 11.1 Å². The second-order valence-corrected chi connectivity index (χ2v) is 5.51. The lowest BCUT2D eigenvalue weighted by Gasteiger charge is -2.31. The van der Waals surface area contributed by atoms with E-state index in [9.17, 15) is 0 Å². The van der Waals surface area contributed by atoms with E-state index in [0.29, 0.717) is 17.7 Å². The van der Waals surface area contributed by atoms with Gasteiger partial charge in [0.2, 0.25) is 0 Å². The molecule has 1 aromatic heterocycles. The number of hydrogen-bond donors (Lipinski definition) is 2. The second-order valence-electron chi connectivity index (χ2n) is 5.51. The number of likely N-dealkylation sites (tertiary alicyclic amines) is 1. The highest BCUT2D eigenvalue weighted by atomic mass is 16.4. The van der Waals surface area contributed by atoms with E-state index in [1.54, 1.807) is 0 Å². The Bertz CT molecular complexity index is 572. The number of anilines is 2. The first-order chi connectivity index (χ1) is 9.74. The zero-order valence-corrected chi connectivity index (χ0v) is 11.9. The van der Waals surface area contributed by atoms with E-state index in [1.165, 1.54) is 13.0 Å². The van der Waals surface area contributed by atoms with Crippen LogP contribution in [0.5, 0.6) is 0 Å². The number of aromatic nitrogens is 1. The molecule has 0 unspecified atom stereocenters. The first kappa shape index (κ1) is 13.2. The Hall–Kier alpha value is -1.75. The molecule has 3 rings (SSSR count). The second kappa shape index (κ2) is 5.71. The van der Waals surface area contributed by atoms with E-state index in [0.717, 1.165) is 37.0 Å². The van der Waals surface area contributed by atoms with Crippen molar-refractivity contribution < 1.29 is 4.42 Å². The molecule has 0 amide bonds. The molecule has 20 heavy (non-hydrogen) atoms. The smallest absolute Gasteiger partial charge is 0.295 e. The Morgan fingerprint density at radius 3 is 2.95 bits per heavy atom. The fourth-order valence-electron chi connectivity index (χ4n) is 2.80. The molecule has 0 aliphatic carbocycles. The lowest BCUT2D eigenvalue weighted by molar-refractivity contribution is 0.218. The Balaban J connectivity index is 1.62. The first-order valence-corrected chi connectivity index (χ1v) is 7.39. The van der Waals surface area contributed by atoms with Crippen LogP contribution in [0.2, 0.25) is 0 Å². The van der Waals surface area contributed by atoms with Crippen molar-refractivity contribution >= 4 is 22.8 Å². The normalized spacial score (nSPS) is 17.6. The molecule has 0 bridgehead atoms. The number of nitrogens with one attached hydrogen (secondary N) is 1. The molecule has 0 radical (unpaired) electrons. The fourth-order valence-corrected chi connectivity index (χ4v) is 2.80. The maximum atomic E-state index is 5.75. The van der Waals surface area contributed by atoms with Gasteiger partial charge in [0.25, 0.3) is 6.01 Å². The van der Waals surface area contributed by atoms with Gasteiger partial charge in [-0.25, -0.2) is 0 Å². The highest BCUT2D eigenvalue weighted by Crippen LogP contribution is 2.23. The van der Waals surface area contributed by atoms with Crippen molar-refractivity contribution in [1.82, 2.24) is 9.88 Å². The molecule has 0 saturated carbocycles. The predicted octanol–water partition coefficient (Wildman–Crippen LogP) is 2.70. The largest absolute Gasteiger partial charge is 0.424 e. The lowest BCUT2D eigenvalue weighted by Crippen LogP contribution is -2.39. The Labute approximate surface area is 119 Å². The summed E-state index contributed by atoms with van der Waals surface area (Å²) in [7, 11) is 0. The molecular weight excluding hydrogens is 252 g/mol. The van der Waals surface area contributed by atoms with Crippen molar-refractivity contribution in [2.75, 3.05) is 30.7 Å². The van der Waals surface area contributed by atoms with Crippen molar-refractivity contribution in [3.63, 3.8) is 0 Å². The maximum absolute atomic E-state index is 5.75. The molecule has 0 spiro atoms. The molecule has 1 aliphatic heterocycles. The average molecular weight is 274 g/mol. The van der Waals surface area contributed by atoms with Crippen LogP contribution >= 0.6 is 0 Å². The molecule has 5 heteroatoms. The maximum Gasteiger partial charge on any atom is 0.295 e. The van der Waals surface area contributed by atoms with E-state index in [4.69, 9.17) is 10.2 Å². The predicted molar refractivity (Wildman–Crippen MR) is 81.8 cm³/mol. The summed E-state index contributed by atoms with van der Waals surface area (Å²) in [5.41, 5.74) is 8.06. The standard InChI is InChI=1S/C15H22N4O/c1-2-7-19-8-5-12(6-9-19)17-15-18-13-10-11(16)3-4-14(13)20-15/h3-4,10,12H,2,5-9,16H2,1H3,(H,17,18). The Morgan fingerprint density at radius 2 is 2.20 bits per heavy atom. The number of oxazole rings is 1. The fraction of sp³-hybridized carbons (Fsp3) is 0.533. The van der Waals surface area contributed by atoms with Gasteiger partial charge in [-0.05, 0) is 44.0 Å². The number of rotatable bonds is 4. The number of nitrogen functional groups attached to an aromatic ring is 1. The van der Waals surface area contributed by atoms with Crippen molar-refractivity contribution in [2.24, 2.45) is 0 Å². The van der Waals surface area contributed by atoms with E-state index < -0.39 is 0 Å². The monoisotopic (exact) mass is 274 g/mol. The third-order valence-electron chi connectivity index (χ3n) is 3.87. The SMILES string of the molecule is CCCN1CCC(Nc2nc3cc(N)ccc3o2)CC1. The van der Waals surface area contributed by atoms with Gasteiger partial charge in [-0.15, -0.1) is 0 Å². The first-order valence-electron chi connectivity index (χ1n) is 7.39. The third kappa shape index (κ3) is 2.88. The van der Waals surface area contributed by atoms with Crippen molar-refractivity contribution in [3.05, 3.63) is 18.2 Å². The van der Waals surface area contributed by atoms with Crippen molar-refractivity contribution in [2.45, 2.75) is 32.2 Å². The van der Waals surface area contributed by atoms with Gasteiger partial charge in [0.1, 0.15) is 5.52 Å². The van der Waals surface area contributed by atoms with Crippen LogP contribution in [0.3, 0.4) is 0 Å². The zero-order valence-electron chi connectivity index (χ0n) is 11.9.